The molecule has 8 nitrogen and oxygen atoms in total. The molecule has 3 amide bonds. The van der Waals surface area contributed by atoms with E-state index in [4.69, 9.17) is 0 Å². The van der Waals surface area contributed by atoms with Crippen molar-refractivity contribution in [2.24, 2.45) is 0 Å². The quantitative estimate of drug-likeness (QED) is 0.639. The first-order chi connectivity index (χ1) is 16.0. The molecule has 1 aliphatic rings. The van der Waals surface area contributed by atoms with Gasteiger partial charge in [-0.25, -0.2) is 13.2 Å². The number of rotatable bonds is 6. The summed E-state index contributed by atoms with van der Waals surface area (Å²) >= 11 is 0. The van der Waals surface area contributed by atoms with Gasteiger partial charge in [0.2, 0.25) is 15.9 Å². The van der Waals surface area contributed by atoms with E-state index < -0.39 is 38.6 Å². The van der Waals surface area contributed by atoms with Gasteiger partial charge in [0.25, 0.3) is 0 Å². The van der Waals surface area contributed by atoms with Crippen LogP contribution in [0.15, 0.2) is 53.4 Å². The summed E-state index contributed by atoms with van der Waals surface area (Å²) in [6.07, 6.45) is -4.81. The van der Waals surface area contributed by atoms with Crippen LogP contribution in [0.3, 0.4) is 0 Å². The summed E-state index contributed by atoms with van der Waals surface area (Å²) in [5, 5.41) is 5.09. The summed E-state index contributed by atoms with van der Waals surface area (Å²) in [6, 6.07) is 11.1. The van der Waals surface area contributed by atoms with Gasteiger partial charge in [0, 0.05) is 32.7 Å². The predicted octanol–water partition coefficient (Wildman–Crippen LogP) is 2.35. The number of urea groups is 1. The minimum atomic E-state index is -4.81. The highest BCUT2D eigenvalue weighted by Gasteiger charge is 2.39. The fraction of sp³-hybridized carbons (Fsp3) is 0.364. The van der Waals surface area contributed by atoms with Crippen LogP contribution >= 0.6 is 0 Å². The van der Waals surface area contributed by atoms with Crippen molar-refractivity contribution < 1.29 is 31.2 Å². The van der Waals surface area contributed by atoms with E-state index in [-0.39, 0.29) is 39.3 Å². The molecule has 2 aromatic carbocycles. The lowest BCUT2D eigenvalue weighted by Crippen LogP contribution is -2.53. The number of halogens is 3. The van der Waals surface area contributed by atoms with Crippen LogP contribution < -0.4 is 10.6 Å². The van der Waals surface area contributed by atoms with Crippen molar-refractivity contribution in [3.8, 4) is 0 Å². The fourth-order valence-corrected chi connectivity index (χ4v) is 5.10. The van der Waals surface area contributed by atoms with Crippen LogP contribution in [0.25, 0.3) is 0 Å². The zero-order chi connectivity index (χ0) is 24.9. The average molecular weight is 499 g/mol. The van der Waals surface area contributed by atoms with E-state index >= 15 is 0 Å². The van der Waals surface area contributed by atoms with E-state index in [1.807, 2.05) is 31.2 Å². The van der Waals surface area contributed by atoms with Gasteiger partial charge in [0.15, 0.2) is 0 Å². The van der Waals surface area contributed by atoms with Crippen molar-refractivity contribution in [3.63, 3.8) is 0 Å². The standard InChI is InChI=1S/C22H25F3N4O4S/c1-16-6-8-17(9-7-16)14-26-21(31)27-15-20(30)28-10-12-29(13-11-28)34(32,33)19-5-3-2-4-18(19)22(23,24)25/h2-9H,10-15H2,1H3,(H2,26,27,31). The number of amides is 3. The maximum Gasteiger partial charge on any atom is 0.417 e. The Kier molecular flexibility index (Phi) is 7.82. The first-order valence-corrected chi connectivity index (χ1v) is 11.9. The summed E-state index contributed by atoms with van der Waals surface area (Å²) in [4.78, 5) is 24.9. The van der Waals surface area contributed by atoms with E-state index in [9.17, 15) is 31.2 Å². The van der Waals surface area contributed by atoms with Gasteiger partial charge in [-0.15, -0.1) is 0 Å². The second-order valence-corrected chi connectivity index (χ2v) is 9.71. The molecule has 0 saturated carbocycles. The molecule has 34 heavy (non-hydrogen) atoms. The second kappa shape index (κ2) is 10.4. The Morgan fingerprint density at radius 2 is 1.56 bits per heavy atom. The first-order valence-electron chi connectivity index (χ1n) is 10.5. The molecule has 1 heterocycles. The number of alkyl halides is 3. The van der Waals surface area contributed by atoms with Gasteiger partial charge in [0.05, 0.1) is 17.0 Å². The molecule has 0 radical (unpaired) electrons. The Hall–Kier alpha value is -3.12. The molecular formula is C22H25F3N4O4S. The second-order valence-electron chi connectivity index (χ2n) is 7.80. The molecule has 184 valence electrons. The van der Waals surface area contributed by atoms with Crippen LogP contribution in [0.2, 0.25) is 0 Å². The molecule has 3 rings (SSSR count). The molecule has 0 atom stereocenters. The number of carbonyl (C=O) groups is 2. The highest BCUT2D eigenvalue weighted by Crippen LogP contribution is 2.35. The third kappa shape index (κ3) is 6.26. The van der Waals surface area contributed by atoms with Crippen molar-refractivity contribution in [2.75, 3.05) is 32.7 Å². The summed E-state index contributed by atoms with van der Waals surface area (Å²) in [5.41, 5.74) is 0.766. The van der Waals surface area contributed by atoms with Crippen molar-refractivity contribution in [1.82, 2.24) is 19.8 Å². The minimum Gasteiger partial charge on any atom is -0.339 e. The van der Waals surface area contributed by atoms with Crippen LogP contribution in [0.1, 0.15) is 16.7 Å². The first kappa shape index (κ1) is 25.5. The minimum absolute atomic E-state index is 0.00108. The number of sulfonamides is 1. The lowest BCUT2D eigenvalue weighted by Gasteiger charge is -2.34. The van der Waals surface area contributed by atoms with Gasteiger partial charge >= 0.3 is 12.2 Å². The maximum atomic E-state index is 13.3. The Bertz CT molecular complexity index is 1130. The van der Waals surface area contributed by atoms with Gasteiger partial charge in [-0.2, -0.15) is 17.5 Å². The molecule has 12 heteroatoms. The highest BCUT2D eigenvalue weighted by atomic mass is 32.2. The predicted molar refractivity (Wildman–Crippen MR) is 118 cm³/mol. The van der Waals surface area contributed by atoms with Crippen LogP contribution in [-0.4, -0.2) is 62.3 Å². The number of nitrogens with zero attached hydrogens (tertiary/aromatic N) is 2. The zero-order valence-electron chi connectivity index (χ0n) is 18.4. The number of carbonyl (C=O) groups excluding carboxylic acids is 2. The molecule has 0 aliphatic carbocycles. The van der Waals surface area contributed by atoms with Crippen LogP contribution in [0, 0.1) is 6.92 Å². The van der Waals surface area contributed by atoms with E-state index in [0.29, 0.717) is 0 Å². The van der Waals surface area contributed by atoms with Crippen molar-refractivity contribution in [2.45, 2.75) is 24.5 Å². The topological polar surface area (TPSA) is 98.8 Å². The summed E-state index contributed by atoms with van der Waals surface area (Å²) in [6.45, 7) is 1.64. The highest BCUT2D eigenvalue weighted by molar-refractivity contribution is 7.89. The largest absolute Gasteiger partial charge is 0.417 e. The SMILES string of the molecule is Cc1ccc(CNC(=O)NCC(=O)N2CCN(S(=O)(=O)c3ccccc3C(F)(F)F)CC2)cc1. The van der Waals surface area contributed by atoms with Gasteiger partial charge in [-0.3, -0.25) is 4.79 Å². The number of aryl methyl sites for hydroxylation is 1. The molecule has 0 aromatic heterocycles. The third-order valence-electron chi connectivity index (χ3n) is 5.38. The summed E-state index contributed by atoms with van der Waals surface area (Å²) < 4.78 is 66.3. The van der Waals surface area contributed by atoms with Crippen LogP contribution in [-0.2, 0) is 27.5 Å². The van der Waals surface area contributed by atoms with Crippen LogP contribution in [0.5, 0.6) is 0 Å². The molecule has 1 aliphatic heterocycles. The van der Waals surface area contributed by atoms with E-state index in [1.54, 1.807) is 0 Å². The molecule has 0 unspecified atom stereocenters. The smallest absolute Gasteiger partial charge is 0.339 e. The molecular weight excluding hydrogens is 473 g/mol. The summed E-state index contributed by atoms with van der Waals surface area (Å²) in [5.74, 6) is -0.418. The third-order valence-corrected chi connectivity index (χ3v) is 7.33. The van der Waals surface area contributed by atoms with Gasteiger partial charge < -0.3 is 15.5 Å². The van der Waals surface area contributed by atoms with Crippen molar-refractivity contribution in [1.29, 1.82) is 0 Å². The molecule has 0 spiro atoms. The Balaban J connectivity index is 1.50. The molecule has 1 fully saturated rings. The zero-order valence-corrected chi connectivity index (χ0v) is 19.2. The number of nitrogens with one attached hydrogen (secondary N) is 2. The Labute approximate surface area is 195 Å². The van der Waals surface area contributed by atoms with Gasteiger partial charge in [-0.05, 0) is 24.6 Å². The summed E-state index contributed by atoms with van der Waals surface area (Å²) in [7, 11) is -4.39. The normalized spacial score (nSPS) is 15.1. The van der Waals surface area contributed by atoms with Gasteiger partial charge in [0.1, 0.15) is 0 Å². The number of piperazine rings is 1. The number of hydrogen-bond donors (Lipinski definition) is 2. The number of benzene rings is 2. The van der Waals surface area contributed by atoms with E-state index in [1.165, 1.54) is 11.0 Å². The molecule has 2 aromatic rings. The molecule has 2 N–H and O–H groups in total. The lowest BCUT2D eigenvalue weighted by molar-refractivity contribution is -0.139. The lowest BCUT2D eigenvalue weighted by atomic mass is 10.1. The van der Waals surface area contributed by atoms with Crippen LogP contribution in [0.4, 0.5) is 18.0 Å². The fourth-order valence-electron chi connectivity index (χ4n) is 3.46. The van der Waals surface area contributed by atoms with E-state index in [0.717, 1.165) is 33.6 Å². The Morgan fingerprint density at radius 1 is 0.941 bits per heavy atom. The monoisotopic (exact) mass is 498 g/mol. The van der Waals surface area contributed by atoms with Crippen molar-refractivity contribution >= 4 is 22.0 Å². The maximum absolute atomic E-state index is 13.3. The van der Waals surface area contributed by atoms with E-state index in [2.05, 4.69) is 10.6 Å². The molecule has 0 bridgehead atoms. The Morgan fingerprint density at radius 3 is 2.18 bits per heavy atom. The number of hydrogen-bond acceptors (Lipinski definition) is 4. The average Bonchev–Trinajstić information content (AvgIpc) is 2.81. The van der Waals surface area contributed by atoms with Crippen molar-refractivity contribution in [3.05, 3.63) is 65.2 Å². The van der Waals surface area contributed by atoms with Gasteiger partial charge in [-0.1, -0.05) is 42.0 Å². The molecule has 1 saturated heterocycles.